The van der Waals surface area contributed by atoms with Gasteiger partial charge in [-0.1, -0.05) is 0 Å². The van der Waals surface area contributed by atoms with Crippen molar-refractivity contribution in [1.82, 2.24) is 0 Å². The Hall–Kier alpha value is 0.420. The first-order valence-corrected chi connectivity index (χ1v) is 9.37. The Morgan fingerprint density at radius 3 is 2.12 bits per heavy atom. The average Bonchev–Trinajstić information content (AvgIpc) is 2.46. The Labute approximate surface area is 102 Å². The van der Waals surface area contributed by atoms with Crippen LogP contribution in [0, 0.1) is 6.92 Å². The van der Waals surface area contributed by atoms with Crippen LogP contribution in [0.25, 0.3) is 0 Å². The van der Waals surface area contributed by atoms with Gasteiger partial charge < -0.3 is 19.6 Å². The van der Waals surface area contributed by atoms with Crippen LogP contribution in [-0.4, -0.2) is 19.6 Å². The van der Waals surface area contributed by atoms with Gasteiger partial charge in [0.2, 0.25) is 6.49 Å². The molecule has 1 unspecified atom stereocenters. The number of hydrogen-bond acceptors (Lipinski definition) is 3. The maximum absolute atomic E-state index is 11.5. The fraction of sp³-hybridized carbons (Fsp3) is 0.429. The predicted molar refractivity (Wildman–Crippen MR) is 67.2 cm³/mol. The molecule has 0 amide bonds. The van der Waals surface area contributed by atoms with Gasteiger partial charge in [-0.05, 0) is 42.7 Å². The van der Waals surface area contributed by atoms with Crippen LogP contribution in [0.4, 0.5) is 0 Å². The molecule has 0 radical (unpaired) electrons. The van der Waals surface area contributed by atoms with Crippen LogP contribution in [0.1, 0.15) is 17.4 Å². The van der Waals surface area contributed by atoms with E-state index < -0.39 is 19.0 Å². The lowest BCUT2D eigenvalue weighted by atomic mass is 10.3. The quantitative estimate of drug-likeness (QED) is 0.634. The molecule has 1 heterocycles. The molecular formula is C7H12O5P2S2. The molecule has 1 aromatic heterocycles. The van der Waals surface area contributed by atoms with E-state index in [-0.39, 0.29) is 4.88 Å². The summed E-state index contributed by atoms with van der Waals surface area (Å²) >= 11 is 5.55. The monoisotopic (exact) mass is 302 g/mol. The summed E-state index contributed by atoms with van der Waals surface area (Å²) in [6.45, 7) is -1.29. The first kappa shape index (κ1) is 14.5. The number of thiophene rings is 1. The molecular weight excluding hydrogens is 290 g/mol. The van der Waals surface area contributed by atoms with E-state index in [1.807, 2.05) is 0 Å². The van der Waals surface area contributed by atoms with Crippen LogP contribution in [0.2, 0.25) is 0 Å². The van der Waals surface area contributed by atoms with Crippen LogP contribution in [0.5, 0.6) is 0 Å². The second-order valence-electron chi connectivity index (χ2n) is 3.60. The molecule has 0 aliphatic carbocycles. The SMILES string of the molecule is Cc1csc(C(C)(P(=O)(O)O)P(O)(O)=S)c1. The van der Waals surface area contributed by atoms with Crippen molar-refractivity contribution in [3.63, 3.8) is 0 Å². The lowest BCUT2D eigenvalue weighted by molar-refractivity contribution is 0.343. The van der Waals surface area contributed by atoms with E-state index >= 15 is 0 Å². The van der Waals surface area contributed by atoms with E-state index in [4.69, 9.17) is 0 Å². The van der Waals surface area contributed by atoms with Gasteiger partial charge in [-0.15, -0.1) is 11.3 Å². The summed E-state index contributed by atoms with van der Waals surface area (Å²) in [4.78, 5) is 35.8. The van der Waals surface area contributed by atoms with Gasteiger partial charge >= 0.3 is 7.60 Å². The molecule has 0 saturated heterocycles. The van der Waals surface area contributed by atoms with Crippen molar-refractivity contribution in [3.8, 4) is 0 Å². The maximum atomic E-state index is 11.5. The van der Waals surface area contributed by atoms with Crippen LogP contribution in [-0.2, 0) is 21.3 Å². The highest BCUT2D eigenvalue weighted by Gasteiger charge is 2.55. The zero-order chi connectivity index (χ0) is 12.8. The minimum atomic E-state index is -4.76. The molecule has 0 saturated carbocycles. The van der Waals surface area contributed by atoms with Gasteiger partial charge in [-0.25, -0.2) is 0 Å². The summed E-state index contributed by atoms with van der Waals surface area (Å²) < 4.78 is 11.5. The lowest BCUT2D eigenvalue weighted by Gasteiger charge is -2.32. The van der Waals surface area contributed by atoms with Crippen molar-refractivity contribution in [1.29, 1.82) is 0 Å². The van der Waals surface area contributed by atoms with Gasteiger partial charge in [0.1, 0.15) is 0 Å². The third-order valence-corrected chi connectivity index (χ3v) is 9.77. The Morgan fingerprint density at radius 1 is 1.38 bits per heavy atom. The summed E-state index contributed by atoms with van der Waals surface area (Å²) in [5, 5.41) is 1.67. The van der Waals surface area contributed by atoms with Crippen molar-refractivity contribution in [2.75, 3.05) is 0 Å². The summed E-state index contributed by atoms with van der Waals surface area (Å²) in [5.74, 6) is 0. The molecule has 1 rings (SSSR count). The second kappa shape index (κ2) is 4.26. The molecule has 0 bridgehead atoms. The van der Waals surface area contributed by atoms with Crippen LogP contribution in [0.15, 0.2) is 11.4 Å². The lowest BCUT2D eigenvalue weighted by Crippen LogP contribution is -2.20. The smallest absolute Gasteiger partial charge is 0.344 e. The summed E-state index contributed by atoms with van der Waals surface area (Å²) in [6.07, 6.45) is 0. The van der Waals surface area contributed by atoms with Gasteiger partial charge in [0.25, 0.3) is 0 Å². The van der Waals surface area contributed by atoms with Crippen molar-refractivity contribution in [2.45, 2.75) is 18.7 Å². The van der Waals surface area contributed by atoms with Gasteiger partial charge in [0, 0.05) is 4.88 Å². The Morgan fingerprint density at radius 2 is 1.88 bits per heavy atom. The van der Waals surface area contributed by atoms with E-state index in [0.29, 0.717) is 0 Å². The fourth-order valence-corrected chi connectivity index (χ4v) is 6.54. The van der Waals surface area contributed by atoms with Crippen LogP contribution < -0.4 is 0 Å². The minimum Gasteiger partial charge on any atom is -0.344 e. The van der Waals surface area contributed by atoms with Gasteiger partial charge in [0.05, 0.1) is 0 Å². The Bertz CT molecular complexity index is 463. The largest absolute Gasteiger partial charge is 0.346 e. The maximum Gasteiger partial charge on any atom is 0.346 e. The Balaban J connectivity index is 3.51. The van der Waals surface area contributed by atoms with Gasteiger partial charge in [-0.3, -0.25) is 4.57 Å². The third-order valence-electron chi connectivity index (χ3n) is 2.33. The Kier molecular flexibility index (Phi) is 3.86. The highest BCUT2D eigenvalue weighted by molar-refractivity contribution is 8.12. The molecule has 0 fully saturated rings. The zero-order valence-electron chi connectivity index (χ0n) is 8.56. The van der Waals surface area contributed by atoms with Crippen LogP contribution >= 0.6 is 25.4 Å². The fourth-order valence-electron chi connectivity index (χ4n) is 1.14. The molecule has 9 heteroatoms. The number of aryl methyl sites for hydroxylation is 1. The standard InChI is InChI=1S/C7H12O5P2S2/c1-5-3-6(16-4-5)7(2,13(8,9)10)14(11,12)15/h3-4H,1-2H3,(H2,8,9,10)(H2,11,12,15). The molecule has 1 atom stereocenters. The molecule has 0 aliphatic rings. The van der Waals surface area contributed by atoms with Gasteiger partial charge in [-0.2, -0.15) is 0 Å². The van der Waals surface area contributed by atoms with E-state index in [0.717, 1.165) is 23.8 Å². The van der Waals surface area contributed by atoms with Crippen molar-refractivity contribution < 1.29 is 24.1 Å². The summed E-state index contributed by atoms with van der Waals surface area (Å²) in [7, 11) is -4.76. The van der Waals surface area contributed by atoms with E-state index in [1.165, 1.54) is 6.07 Å². The number of rotatable bonds is 3. The summed E-state index contributed by atoms with van der Waals surface area (Å²) in [5.41, 5.74) is 0.795. The molecule has 4 N–H and O–H groups in total. The summed E-state index contributed by atoms with van der Waals surface area (Å²) in [6, 6.07) is 1.51. The molecule has 0 aromatic carbocycles. The molecule has 16 heavy (non-hydrogen) atoms. The first-order valence-electron chi connectivity index (χ1n) is 4.17. The molecule has 1 aromatic rings. The van der Waals surface area contributed by atoms with Crippen molar-refractivity contribution >= 4 is 37.2 Å². The first-order chi connectivity index (χ1) is 7.00. The molecule has 0 spiro atoms. The van der Waals surface area contributed by atoms with Crippen molar-refractivity contribution in [3.05, 3.63) is 21.9 Å². The minimum absolute atomic E-state index is 0.201. The average molecular weight is 302 g/mol. The van der Waals surface area contributed by atoms with Crippen LogP contribution in [0.3, 0.4) is 0 Å². The predicted octanol–water partition coefficient (Wildman–Crippen LogP) is 1.70. The third kappa shape index (κ3) is 2.33. The van der Waals surface area contributed by atoms with E-state index in [9.17, 15) is 24.1 Å². The number of hydrogen-bond donors (Lipinski definition) is 4. The molecule has 92 valence electrons. The van der Waals surface area contributed by atoms with Crippen molar-refractivity contribution in [2.24, 2.45) is 0 Å². The highest BCUT2D eigenvalue weighted by Crippen LogP contribution is 2.75. The molecule has 0 aliphatic heterocycles. The second-order valence-corrected chi connectivity index (χ2v) is 10.4. The molecule has 5 nitrogen and oxygen atoms in total. The normalized spacial score (nSPS) is 17.1. The topological polar surface area (TPSA) is 98.0 Å². The highest BCUT2D eigenvalue weighted by atomic mass is 32.5. The van der Waals surface area contributed by atoms with E-state index in [1.54, 1.807) is 12.3 Å². The van der Waals surface area contributed by atoms with Gasteiger partial charge in [0.15, 0.2) is 4.90 Å². The zero-order valence-corrected chi connectivity index (χ0v) is 12.0. The van der Waals surface area contributed by atoms with E-state index in [2.05, 4.69) is 11.8 Å².